The van der Waals surface area contributed by atoms with E-state index in [1.165, 1.54) is 0 Å². The Morgan fingerprint density at radius 1 is 0.889 bits per heavy atom. The molecule has 0 spiro atoms. The van der Waals surface area contributed by atoms with Crippen LogP contribution in [0.5, 0.6) is 0 Å². The Balaban J connectivity index is 0.00000119. The zero-order valence-electron chi connectivity index (χ0n) is 16.5. The highest BCUT2D eigenvalue weighted by molar-refractivity contribution is 5.73. The number of nitrogens with two attached hydrogens (primary N) is 1. The molecule has 3 unspecified atom stereocenters. The molecular formula is C18H31NO8. The van der Waals surface area contributed by atoms with E-state index < -0.39 is 24.3 Å². The molecule has 0 bridgehead atoms. The third-order valence-electron chi connectivity index (χ3n) is 3.64. The molecule has 156 valence electrons. The Morgan fingerprint density at radius 2 is 1.41 bits per heavy atom. The van der Waals surface area contributed by atoms with Gasteiger partial charge in [-0.1, -0.05) is 27.7 Å². The van der Waals surface area contributed by atoms with Crippen LogP contribution in [0.15, 0.2) is 0 Å². The number of primary amides is 1. The van der Waals surface area contributed by atoms with Gasteiger partial charge in [-0.2, -0.15) is 0 Å². The lowest BCUT2D eigenvalue weighted by molar-refractivity contribution is -0.202. The van der Waals surface area contributed by atoms with Crippen molar-refractivity contribution in [2.24, 2.45) is 5.73 Å². The van der Waals surface area contributed by atoms with Gasteiger partial charge in [0.25, 0.3) is 0 Å². The lowest BCUT2D eigenvalue weighted by Gasteiger charge is -2.36. The van der Waals surface area contributed by atoms with Crippen LogP contribution >= 0.6 is 0 Å². The van der Waals surface area contributed by atoms with Crippen molar-refractivity contribution in [3.8, 4) is 0 Å². The number of ether oxygens (including phenoxy) is 4. The van der Waals surface area contributed by atoms with Crippen molar-refractivity contribution in [1.82, 2.24) is 0 Å². The summed E-state index contributed by atoms with van der Waals surface area (Å²) in [6, 6.07) is 0. The SMILES string of the molecule is CCC(=O)OCC1OCCC(OC(=O)CC)C1OC(=O)CC.CCC(N)=O. The van der Waals surface area contributed by atoms with E-state index in [0.29, 0.717) is 19.4 Å². The van der Waals surface area contributed by atoms with Crippen molar-refractivity contribution < 1.29 is 38.1 Å². The van der Waals surface area contributed by atoms with E-state index in [1.807, 2.05) is 0 Å². The van der Waals surface area contributed by atoms with Crippen molar-refractivity contribution in [1.29, 1.82) is 0 Å². The Labute approximate surface area is 159 Å². The van der Waals surface area contributed by atoms with Crippen LogP contribution in [-0.4, -0.2) is 55.3 Å². The van der Waals surface area contributed by atoms with Gasteiger partial charge in [0.15, 0.2) is 6.10 Å². The third kappa shape index (κ3) is 10.5. The standard InChI is InChI=1S/C15H24O7.C3H7NO/c1-4-12(16)20-9-11-15(22-14(18)6-3)10(7-8-19-11)21-13(17)5-2;1-2-3(4)5/h10-11,15H,4-9H2,1-3H3;2H2,1H3,(H2,4,5). The maximum absolute atomic E-state index is 11.6. The molecule has 1 heterocycles. The van der Waals surface area contributed by atoms with Crippen LogP contribution < -0.4 is 5.73 Å². The summed E-state index contributed by atoms with van der Waals surface area (Å²) in [5.74, 6) is -1.39. The topological polar surface area (TPSA) is 131 Å². The van der Waals surface area contributed by atoms with Gasteiger partial charge in [0.1, 0.15) is 18.8 Å². The number of rotatable bonds is 8. The van der Waals surface area contributed by atoms with Crippen LogP contribution in [-0.2, 0) is 38.1 Å². The van der Waals surface area contributed by atoms with Gasteiger partial charge in [0, 0.05) is 32.1 Å². The second-order valence-corrected chi connectivity index (χ2v) is 5.74. The highest BCUT2D eigenvalue weighted by Gasteiger charge is 2.40. The van der Waals surface area contributed by atoms with E-state index in [0.717, 1.165) is 0 Å². The normalized spacial score (nSPS) is 21.3. The van der Waals surface area contributed by atoms with Gasteiger partial charge in [-0.15, -0.1) is 0 Å². The molecule has 1 aliphatic rings. The molecule has 1 fully saturated rings. The Kier molecular flexibility index (Phi) is 12.8. The quantitative estimate of drug-likeness (QED) is 0.485. The first-order chi connectivity index (χ1) is 12.8. The van der Waals surface area contributed by atoms with Crippen LogP contribution in [0, 0.1) is 0 Å². The van der Waals surface area contributed by atoms with Crippen LogP contribution in [0.2, 0.25) is 0 Å². The number of hydrogen-bond donors (Lipinski definition) is 1. The minimum absolute atomic E-state index is 0.0332. The molecule has 0 aliphatic carbocycles. The van der Waals surface area contributed by atoms with Gasteiger partial charge in [0.2, 0.25) is 5.91 Å². The summed E-state index contributed by atoms with van der Waals surface area (Å²) < 4.78 is 21.3. The van der Waals surface area contributed by atoms with Gasteiger partial charge < -0.3 is 24.7 Å². The average molecular weight is 389 g/mol. The van der Waals surface area contributed by atoms with E-state index in [-0.39, 0.29) is 43.7 Å². The summed E-state index contributed by atoms with van der Waals surface area (Å²) in [4.78, 5) is 44.0. The first kappa shape index (κ1) is 24.8. The number of amides is 1. The second-order valence-electron chi connectivity index (χ2n) is 5.74. The summed E-state index contributed by atoms with van der Waals surface area (Å²) >= 11 is 0. The maximum atomic E-state index is 11.6. The largest absolute Gasteiger partial charge is 0.463 e. The monoisotopic (exact) mass is 389 g/mol. The fourth-order valence-corrected chi connectivity index (χ4v) is 2.02. The van der Waals surface area contributed by atoms with E-state index in [1.54, 1.807) is 27.7 Å². The summed E-state index contributed by atoms with van der Waals surface area (Å²) in [6.07, 6.45) is -0.405. The Bertz CT molecular complexity index is 494. The molecule has 1 rings (SSSR count). The highest BCUT2D eigenvalue weighted by Crippen LogP contribution is 2.22. The Morgan fingerprint density at radius 3 is 1.89 bits per heavy atom. The lowest BCUT2D eigenvalue weighted by atomic mass is 10.0. The number of carbonyl (C=O) groups excluding carboxylic acids is 4. The minimum atomic E-state index is -0.763. The molecule has 0 aromatic carbocycles. The molecule has 9 nitrogen and oxygen atoms in total. The Hall–Kier alpha value is -2.16. The molecule has 0 aromatic heterocycles. The van der Waals surface area contributed by atoms with Crippen LogP contribution in [0.1, 0.15) is 59.8 Å². The smallest absolute Gasteiger partial charge is 0.306 e. The zero-order valence-corrected chi connectivity index (χ0v) is 16.5. The molecule has 27 heavy (non-hydrogen) atoms. The molecule has 0 radical (unpaired) electrons. The molecule has 1 aliphatic heterocycles. The van der Waals surface area contributed by atoms with Gasteiger partial charge in [-0.3, -0.25) is 19.2 Å². The van der Waals surface area contributed by atoms with Crippen molar-refractivity contribution in [2.45, 2.75) is 78.1 Å². The predicted octanol–water partition coefficient (Wildman–Crippen LogP) is 1.25. The first-order valence-electron chi connectivity index (χ1n) is 9.23. The van der Waals surface area contributed by atoms with Crippen LogP contribution in [0.25, 0.3) is 0 Å². The molecule has 2 N–H and O–H groups in total. The number of esters is 3. The van der Waals surface area contributed by atoms with Crippen molar-refractivity contribution in [2.75, 3.05) is 13.2 Å². The fraction of sp³-hybridized carbons (Fsp3) is 0.778. The van der Waals surface area contributed by atoms with E-state index in [9.17, 15) is 19.2 Å². The van der Waals surface area contributed by atoms with Crippen molar-refractivity contribution in [3.05, 3.63) is 0 Å². The van der Waals surface area contributed by atoms with Crippen molar-refractivity contribution in [3.63, 3.8) is 0 Å². The number of carbonyl (C=O) groups is 4. The molecule has 9 heteroatoms. The molecule has 3 atom stereocenters. The molecule has 1 amide bonds. The van der Waals surface area contributed by atoms with Crippen molar-refractivity contribution >= 4 is 23.8 Å². The minimum Gasteiger partial charge on any atom is -0.463 e. The summed E-state index contributed by atoms with van der Waals surface area (Å²) in [6.45, 7) is 7.08. The van der Waals surface area contributed by atoms with E-state index in [2.05, 4.69) is 5.73 Å². The summed E-state index contributed by atoms with van der Waals surface area (Å²) in [7, 11) is 0. The molecular weight excluding hydrogens is 358 g/mol. The highest BCUT2D eigenvalue weighted by atomic mass is 16.6. The summed E-state index contributed by atoms with van der Waals surface area (Å²) in [5, 5.41) is 0. The second kappa shape index (κ2) is 14.0. The van der Waals surface area contributed by atoms with E-state index in [4.69, 9.17) is 18.9 Å². The molecule has 0 saturated carbocycles. The molecule has 0 aromatic rings. The third-order valence-corrected chi connectivity index (χ3v) is 3.64. The average Bonchev–Trinajstić information content (AvgIpc) is 2.67. The fourth-order valence-electron chi connectivity index (χ4n) is 2.02. The summed E-state index contributed by atoms with van der Waals surface area (Å²) in [5.41, 5.74) is 4.65. The lowest BCUT2D eigenvalue weighted by Crippen LogP contribution is -2.51. The van der Waals surface area contributed by atoms with Gasteiger partial charge in [-0.05, 0) is 0 Å². The number of hydrogen-bond acceptors (Lipinski definition) is 8. The first-order valence-corrected chi connectivity index (χ1v) is 9.23. The van der Waals surface area contributed by atoms with Crippen LogP contribution in [0.4, 0.5) is 0 Å². The zero-order chi connectivity index (χ0) is 20.8. The molecule has 1 saturated heterocycles. The van der Waals surface area contributed by atoms with Gasteiger partial charge in [-0.25, -0.2) is 0 Å². The van der Waals surface area contributed by atoms with Crippen LogP contribution in [0.3, 0.4) is 0 Å². The predicted molar refractivity (Wildman–Crippen MR) is 95.4 cm³/mol. The van der Waals surface area contributed by atoms with Gasteiger partial charge in [0.05, 0.1) is 6.61 Å². The van der Waals surface area contributed by atoms with Gasteiger partial charge >= 0.3 is 17.9 Å². The van der Waals surface area contributed by atoms with E-state index >= 15 is 0 Å². The maximum Gasteiger partial charge on any atom is 0.306 e.